The van der Waals surface area contributed by atoms with Gasteiger partial charge in [0.1, 0.15) is 5.75 Å². The Morgan fingerprint density at radius 2 is 2.33 bits per heavy atom. The van der Waals surface area contributed by atoms with E-state index in [1.807, 2.05) is 6.07 Å². The van der Waals surface area contributed by atoms with E-state index in [2.05, 4.69) is 11.6 Å². The van der Waals surface area contributed by atoms with Gasteiger partial charge in [-0.25, -0.2) is 4.98 Å². The summed E-state index contributed by atoms with van der Waals surface area (Å²) in [7, 11) is 0. The van der Waals surface area contributed by atoms with Crippen LogP contribution >= 0.6 is 11.3 Å². The van der Waals surface area contributed by atoms with Crippen molar-refractivity contribution >= 4 is 27.6 Å². The lowest BCUT2D eigenvalue weighted by atomic mass is 10.2. The average Bonchev–Trinajstić information content (AvgIpc) is 2.52. The molecule has 60 valence electrons. The topological polar surface area (TPSA) is 33.1 Å². The SMILES string of the molecule is C=Cc1cc(O)c2scnc2c1. The van der Waals surface area contributed by atoms with Gasteiger partial charge in [-0.2, -0.15) is 0 Å². The van der Waals surface area contributed by atoms with Gasteiger partial charge in [-0.1, -0.05) is 12.7 Å². The minimum Gasteiger partial charge on any atom is -0.506 e. The van der Waals surface area contributed by atoms with Gasteiger partial charge in [0.05, 0.1) is 15.7 Å². The van der Waals surface area contributed by atoms with E-state index in [4.69, 9.17) is 0 Å². The normalized spacial score (nSPS) is 10.3. The van der Waals surface area contributed by atoms with Crippen LogP contribution in [0.3, 0.4) is 0 Å². The molecule has 0 spiro atoms. The zero-order chi connectivity index (χ0) is 8.55. The molecule has 2 rings (SSSR count). The maximum absolute atomic E-state index is 9.49. The molecule has 2 aromatic rings. The maximum Gasteiger partial charge on any atom is 0.135 e. The number of thiazole rings is 1. The highest BCUT2D eigenvalue weighted by atomic mass is 32.1. The molecule has 0 unspecified atom stereocenters. The molecule has 1 aromatic carbocycles. The number of phenols is 1. The minimum atomic E-state index is 0.282. The van der Waals surface area contributed by atoms with Crippen molar-refractivity contribution in [3.05, 3.63) is 29.8 Å². The highest BCUT2D eigenvalue weighted by Crippen LogP contribution is 2.29. The molecule has 2 nitrogen and oxygen atoms in total. The molecule has 0 aliphatic carbocycles. The Morgan fingerprint density at radius 1 is 1.50 bits per heavy atom. The third-order valence-electron chi connectivity index (χ3n) is 1.67. The van der Waals surface area contributed by atoms with Crippen molar-refractivity contribution in [1.29, 1.82) is 0 Å². The standard InChI is InChI=1S/C9H7NOS/c1-2-6-3-7-9(8(11)4-6)12-5-10-7/h2-5,11H,1H2. The second-order valence-electron chi connectivity index (χ2n) is 2.44. The summed E-state index contributed by atoms with van der Waals surface area (Å²) in [6, 6.07) is 3.59. The Balaban J connectivity index is 2.83. The zero-order valence-electron chi connectivity index (χ0n) is 6.32. The first-order valence-electron chi connectivity index (χ1n) is 3.50. The van der Waals surface area contributed by atoms with Crippen LogP contribution in [0.2, 0.25) is 0 Å². The maximum atomic E-state index is 9.49. The van der Waals surface area contributed by atoms with Gasteiger partial charge in [0.2, 0.25) is 0 Å². The van der Waals surface area contributed by atoms with Crippen LogP contribution in [-0.2, 0) is 0 Å². The van der Waals surface area contributed by atoms with Gasteiger partial charge >= 0.3 is 0 Å². The summed E-state index contributed by atoms with van der Waals surface area (Å²) >= 11 is 1.44. The number of fused-ring (bicyclic) bond motifs is 1. The van der Waals surface area contributed by atoms with Crippen molar-refractivity contribution in [2.24, 2.45) is 0 Å². The lowest BCUT2D eigenvalue weighted by Crippen LogP contribution is -1.73. The molecule has 1 N–H and O–H groups in total. The van der Waals surface area contributed by atoms with Gasteiger partial charge in [0.25, 0.3) is 0 Å². The largest absolute Gasteiger partial charge is 0.506 e. The predicted molar refractivity (Wildman–Crippen MR) is 51.4 cm³/mol. The fourth-order valence-corrected chi connectivity index (χ4v) is 1.77. The molecule has 1 heterocycles. The van der Waals surface area contributed by atoms with E-state index >= 15 is 0 Å². The first kappa shape index (κ1) is 7.31. The summed E-state index contributed by atoms with van der Waals surface area (Å²) in [5.74, 6) is 0.282. The van der Waals surface area contributed by atoms with Crippen LogP contribution in [0.25, 0.3) is 16.3 Å². The highest BCUT2D eigenvalue weighted by Gasteiger charge is 2.02. The minimum absolute atomic E-state index is 0.282. The average molecular weight is 177 g/mol. The lowest BCUT2D eigenvalue weighted by Gasteiger charge is -1.95. The second-order valence-corrected chi connectivity index (χ2v) is 3.30. The first-order chi connectivity index (χ1) is 5.81. The van der Waals surface area contributed by atoms with Crippen LogP contribution in [0.15, 0.2) is 24.2 Å². The third-order valence-corrected chi connectivity index (χ3v) is 2.53. The molecule has 0 radical (unpaired) electrons. The van der Waals surface area contributed by atoms with Crippen LogP contribution in [-0.4, -0.2) is 10.1 Å². The Kier molecular flexibility index (Phi) is 1.59. The number of benzene rings is 1. The van der Waals surface area contributed by atoms with Crippen molar-refractivity contribution in [1.82, 2.24) is 4.98 Å². The monoisotopic (exact) mass is 177 g/mol. The number of nitrogens with zero attached hydrogens (tertiary/aromatic N) is 1. The summed E-state index contributed by atoms with van der Waals surface area (Å²) < 4.78 is 0.834. The molecule has 12 heavy (non-hydrogen) atoms. The first-order valence-corrected chi connectivity index (χ1v) is 4.38. The molecule has 0 saturated carbocycles. The molecule has 0 bridgehead atoms. The number of aromatic nitrogens is 1. The van der Waals surface area contributed by atoms with Gasteiger partial charge in [-0.3, -0.25) is 0 Å². The summed E-state index contributed by atoms with van der Waals surface area (Å²) in [5.41, 5.74) is 3.44. The van der Waals surface area contributed by atoms with Crippen LogP contribution in [0, 0.1) is 0 Å². The van der Waals surface area contributed by atoms with Crippen LogP contribution < -0.4 is 0 Å². The number of phenolic OH excluding ortho intramolecular Hbond substituents is 1. The summed E-state index contributed by atoms with van der Waals surface area (Å²) in [6.07, 6.45) is 1.69. The quantitative estimate of drug-likeness (QED) is 0.726. The van der Waals surface area contributed by atoms with E-state index in [-0.39, 0.29) is 5.75 Å². The van der Waals surface area contributed by atoms with Crippen molar-refractivity contribution in [2.75, 3.05) is 0 Å². The van der Waals surface area contributed by atoms with Gasteiger partial charge in [-0.15, -0.1) is 11.3 Å². The summed E-state index contributed by atoms with van der Waals surface area (Å²) in [6.45, 7) is 3.63. The van der Waals surface area contributed by atoms with Crippen molar-refractivity contribution in [3.8, 4) is 5.75 Å². The molecule has 3 heteroatoms. The van der Waals surface area contributed by atoms with E-state index in [1.54, 1.807) is 17.7 Å². The smallest absolute Gasteiger partial charge is 0.135 e. The molecular weight excluding hydrogens is 170 g/mol. The van der Waals surface area contributed by atoms with Crippen molar-refractivity contribution < 1.29 is 5.11 Å². The Morgan fingerprint density at radius 3 is 3.08 bits per heavy atom. The Hall–Kier alpha value is -1.35. The summed E-state index contributed by atoms with van der Waals surface area (Å²) in [4.78, 5) is 4.10. The lowest BCUT2D eigenvalue weighted by molar-refractivity contribution is 0.482. The fraction of sp³-hybridized carbons (Fsp3) is 0. The number of aromatic hydroxyl groups is 1. The van der Waals surface area contributed by atoms with Gasteiger partial charge in [0.15, 0.2) is 0 Å². The van der Waals surface area contributed by atoms with E-state index in [0.717, 1.165) is 15.8 Å². The van der Waals surface area contributed by atoms with E-state index < -0.39 is 0 Å². The molecular formula is C9H7NOS. The predicted octanol–water partition coefficient (Wildman–Crippen LogP) is 2.64. The van der Waals surface area contributed by atoms with Gasteiger partial charge in [0, 0.05) is 0 Å². The number of hydrogen-bond donors (Lipinski definition) is 1. The van der Waals surface area contributed by atoms with Crippen molar-refractivity contribution in [3.63, 3.8) is 0 Å². The Labute approximate surface area is 73.8 Å². The molecule has 0 atom stereocenters. The fourth-order valence-electron chi connectivity index (χ4n) is 1.09. The molecule has 0 amide bonds. The van der Waals surface area contributed by atoms with E-state index in [1.165, 1.54) is 11.3 Å². The third kappa shape index (κ3) is 0.987. The zero-order valence-corrected chi connectivity index (χ0v) is 7.14. The van der Waals surface area contributed by atoms with Gasteiger partial charge in [-0.05, 0) is 17.7 Å². The Bertz CT molecular complexity index is 433. The van der Waals surface area contributed by atoms with Gasteiger partial charge < -0.3 is 5.11 Å². The van der Waals surface area contributed by atoms with E-state index in [0.29, 0.717) is 0 Å². The summed E-state index contributed by atoms with van der Waals surface area (Å²) in [5, 5.41) is 9.49. The molecule has 0 saturated heterocycles. The number of rotatable bonds is 1. The molecule has 0 fully saturated rings. The highest BCUT2D eigenvalue weighted by molar-refractivity contribution is 7.17. The van der Waals surface area contributed by atoms with E-state index in [9.17, 15) is 5.11 Å². The second kappa shape index (κ2) is 2.60. The van der Waals surface area contributed by atoms with Crippen LogP contribution in [0.5, 0.6) is 5.75 Å². The number of hydrogen-bond acceptors (Lipinski definition) is 3. The van der Waals surface area contributed by atoms with Crippen LogP contribution in [0.1, 0.15) is 5.56 Å². The van der Waals surface area contributed by atoms with Crippen molar-refractivity contribution in [2.45, 2.75) is 0 Å². The molecule has 0 aliphatic rings. The van der Waals surface area contributed by atoms with Crippen LogP contribution in [0.4, 0.5) is 0 Å². The molecule has 0 aliphatic heterocycles. The molecule has 1 aromatic heterocycles.